The number of rotatable bonds is 5. The van der Waals surface area contributed by atoms with Gasteiger partial charge in [0.1, 0.15) is 0 Å². The molecule has 0 aliphatic heterocycles. The Labute approximate surface area is 88.8 Å². The Bertz CT molecular complexity index is 269. The third kappa shape index (κ3) is 2.80. The lowest BCUT2D eigenvalue weighted by molar-refractivity contribution is 0.139. The van der Waals surface area contributed by atoms with Crippen molar-refractivity contribution in [1.29, 1.82) is 0 Å². The molecule has 2 unspecified atom stereocenters. The maximum absolute atomic E-state index is 9.85. The zero-order valence-electron chi connectivity index (χ0n) is 8.23. The predicted octanol–water partition coefficient (Wildman–Crippen LogP) is 1.78. The summed E-state index contributed by atoms with van der Waals surface area (Å²) in [6.45, 7) is 0. The van der Waals surface area contributed by atoms with Gasteiger partial charge in [0.25, 0.3) is 0 Å². The van der Waals surface area contributed by atoms with Gasteiger partial charge in [-0.05, 0) is 23.8 Å². The van der Waals surface area contributed by atoms with Crippen molar-refractivity contribution in [3.05, 3.63) is 22.4 Å². The lowest BCUT2D eigenvalue weighted by atomic mass is 10.0. The molecule has 3 heteroatoms. The largest absolute Gasteiger partial charge is 0.391 e. The molecule has 2 nitrogen and oxygen atoms in total. The standard InChI is InChI=1S/C11H17NOS/c12-10(6-8-3-4-8)11(13)7-9-2-1-5-14-9/h1-2,5,8,10-11,13H,3-4,6-7,12H2. The summed E-state index contributed by atoms with van der Waals surface area (Å²) in [5, 5.41) is 11.9. The summed E-state index contributed by atoms with van der Waals surface area (Å²) in [7, 11) is 0. The summed E-state index contributed by atoms with van der Waals surface area (Å²) in [5.74, 6) is 0.794. The van der Waals surface area contributed by atoms with Crippen molar-refractivity contribution in [1.82, 2.24) is 0 Å². The van der Waals surface area contributed by atoms with E-state index in [0.717, 1.165) is 12.3 Å². The average Bonchev–Trinajstić information content (AvgIpc) is 2.81. The van der Waals surface area contributed by atoms with Crippen LogP contribution < -0.4 is 5.73 Å². The first-order valence-electron chi connectivity index (χ1n) is 5.21. The summed E-state index contributed by atoms with van der Waals surface area (Å²) in [6.07, 6.45) is 3.95. The molecule has 1 heterocycles. The molecule has 0 amide bonds. The van der Waals surface area contributed by atoms with Crippen LogP contribution in [0.5, 0.6) is 0 Å². The number of aliphatic hydroxyl groups is 1. The van der Waals surface area contributed by atoms with Gasteiger partial charge < -0.3 is 10.8 Å². The molecule has 1 aliphatic carbocycles. The van der Waals surface area contributed by atoms with Gasteiger partial charge >= 0.3 is 0 Å². The highest BCUT2D eigenvalue weighted by Crippen LogP contribution is 2.33. The summed E-state index contributed by atoms with van der Waals surface area (Å²) in [5.41, 5.74) is 5.93. The Balaban J connectivity index is 1.78. The van der Waals surface area contributed by atoms with Gasteiger partial charge in [0.15, 0.2) is 0 Å². The van der Waals surface area contributed by atoms with Crippen LogP contribution in [0, 0.1) is 5.92 Å². The second-order valence-corrected chi connectivity index (χ2v) is 5.23. The van der Waals surface area contributed by atoms with Crippen molar-refractivity contribution >= 4 is 11.3 Å². The molecule has 0 bridgehead atoms. The van der Waals surface area contributed by atoms with Gasteiger partial charge in [-0.25, -0.2) is 0 Å². The molecule has 78 valence electrons. The molecule has 0 saturated heterocycles. The van der Waals surface area contributed by atoms with Gasteiger partial charge in [0.2, 0.25) is 0 Å². The second kappa shape index (κ2) is 4.43. The van der Waals surface area contributed by atoms with Crippen LogP contribution in [0.4, 0.5) is 0 Å². The van der Waals surface area contributed by atoms with Crippen LogP contribution in [0.15, 0.2) is 17.5 Å². The highest BCUT2D eigenvalue weighted by molar-refractivity contribution is 7.09. The van der Waals surface area contributed by atoms with Crippen LogP contribution in [0.3, 0.4) is 0 Å². The van der Waals surface area contributed by atoms with Crippen molar-refractivity contribution in [2.75, 3.05) is 0 Å². The molecule has 2 atom stereocenters. The lowest BCUT2D eigenvalue weighted by Crippen LogP contribution is -2.36. The van der Waals surface area contributed by atoms with Crippen LogP contribution in [-0.2, 0) is 6.42 Å². The van der Waals surface area contributed by atoms with Gasteiger partial charge in [-0.15, -0.1) is 11.3 Å². The Morgan fingerprint density at radius 2 is 2.36 bits per heavy atom. The first kappa shape index (κ1) is 10.1. The number of hydrogen-bond donors (Lipinski definition) is 2. The SMILES string of the molecule is NC(CC1CC1)C(O)Cc1cccs1. The van der Waals surface area contributed by atoms with Crippen LogP contribution in [0.1, 0.15) is 24.1 Å². The van der Waals surface area contributed by atoms with E-state index in [1.165, 1.54) is 17.7 Å². The van der Waals surface area contributed by atoms with Crippen LogP contribution in [0.25, 0.3) is 0 Å². The van der Waals surface area contributed by atoms with E-state index in [1.54, 1.807) is 11.3 Å². The number of aliphatic hydroxyl groups excluding tert-OH is 1. The second-order valence-electron chi connectivity index (χ2n) is 4.19. The van der Waals surface area contributed by atoms with Gasteiger partial charge in [-0.3, -0.25) is 0 Å². The molecule has 1 aromatic rings. The molecule has 1 aliphatic rings. The number of hydrogen-bond acceptors (Lipinski definition) is 3. The smallest absolute Gasteiger partial charge is 0.0739 e. The number of thiophene rings is 1. The van der Waals surface area contributed by atoms with Crippen LogP contribution in [-0.4, -0.2) is 17.3 Å². The Morgan fingerprint density at radius 3 is 2.93 bits per heavy atom. The van der Waals surface area contributed by atoms with E-state index in [4.69, 9.17) is 5.73 Å². The first-order valence-corrected chi connectivity index (χ1v) is 6.09. The van der Waals surface area contributed by atoms with E-state index in [1.807, 2.05) is 11.4 Å². The molecule has 0 radical (unpaired) electrons. The molecular formula is C11H17NOS. The number of nitrogens with two attached hydrogens (primary N) is 1. The van der Waals surface area contributed by atoms with E-state index in [9.17, 15) is 5.11 Å². The Kier molecular flexibility index (Phi) is 3.21. The third-order valence-corrected chi connectivity index (χ3v) is 3.69. The molecule has 3 N–H and O–H groups in total. The summed E-state index contributed by atoms with van der Waals surface area (Å²) in [6, 6.07) is 4.03. The summed E-state index contributed by atoms with van der Waals surface area (Å²) >= 11 is 1.69. The molecule has 1 saturated carbocycles. The van der Waals surface area contributed by atoms with Crippen LogP contribution >= 0.6 is 11.3 Å². The Hall–Kier alpha value is -0.380. The minimum Gasteiger partial charge on any atom is -0.391 e. The van der Waals surface area contributed by atoms with E-state index < -0.39 is 0 Å². The fourth-order valence-corrected chi connectivity index (χ4v) is 2.44. The van der Waals surface area contributed by atoms with E-state index in [-0.39, 0.29) is 12.1 Å². The zero-order chi connectivity index (χ0) is 9.97. The van der Waals surface area contributed by atoms with E-state index >= 15 is 0 Å². The first-order chi connectivity index (χ1) is 6.75. The fourth-order valence-electron chi connectivity index (χ4n) is 1.68. The Morgan fingerprint density at radius 1 is 1.57 bits per heavy atom. The summed E-state index contributed by atoms with van der Waals surface area (Å²) in [4.78, 5) is 1.23. The van der Waals surface area contributed by atoms with Crippen molar-refractivity contribution in [2.24, 2.45) is 11.7 Å². The van der Waals surface area contributed by atoms with Crippen molar-refractivity contribution < 1.29 is 5.11 Å². The normalized spacial score (nSPS) is 20.7. The molecule has 1 fully saturated rings. The fraction of sp³-hybridized carbons (Fsp3) is 0.636. The molecule has 1 aromatic heterocycles. The maximum Gasteiger partial charge on any atom is 0.0739 e. The monoisotopic (exact) mass is 211 g/mol. The van der Waals surface area contributed by atoms with E-state index in [0.29, 0.717) is 6.42 Å². The minimum atomic E-state index is -0.366. The van der Waals surface area contributed by atoms with Crippen molar-refractivity contribution in [3.63, 3.8) is 0 Å². The maximum atomic E-state index is 9.85. The minimum absolute atomic E-state index is 0.0374. The highest BCUT2D eigenvalue weighted by atomic mass is 32.1. The lowest BCUT2D eigenvalue weighted by Gasteiger charge is -2.17. The van der Waals surface area contributed by atoms with Gasteiger partial charge in [0.05, 0.1) is 6.10 Å². The van der Waals surface area contributed by atoms with E-state index in [2.05, 4.69) is 6.07 Å². The zero-order valence-corrected chi connectivity index (χ0v) is 9.04. The third-order valence-electron chi connectivity index (χ3n) is 2.79. The molecular weight excluding hydrogens is 194 g/mol. The molecule has 14 heavy (non-hydrogen) atoms. The molecule has 0 aromatic carbocycles. The topological polar surface area (TPSA) is 46.2 Å². The average molecular weight is 211 g/mol. The highest BCUT2D eigenvalue weighted by Gasteiger charge is 2.27. The van der Waals surface area contributed by atoms with Crippen LogP contribution in [0.2, 0.25) is 0 Å². The molecule has 2 rings (SSSR count). The van der Waals surface area contributed by atoms with Gasteiger partial charge in [0, 0.05) is 17.3 Å². The van der Waals surface area contributed by atoms with Gasteiger partial charge in [-0.1, -0.05) is 18.9 Å². The summed E-state index contributed by atoms with van der Waals surface area (Å²) < 4.78 is 0. The van der Waals surface area contributed by atoms with Gasteiger partial charge in [-0.2, -0.15) is 0 Å². The van der Waals surface area contributed by atoms with Crippen molar-refractivity contribution in [2.45, 2.75) is 37.8 Å². The molecule has 0 spiro atoms. The quantitative estimate of drug-likeness (QED) is 0.780. The van der Waals surface area contributed by atoms with Crippen molar-refractivity contribution in [3.8, 4) is 0 Å². The predicted molar refractivity (Wildman–Crippen MR) is 59.3 cm³/mol.